The minimum Gasteiger partial charge on any atom is -0.355 e. The summed E-state index contributed by atoms with van der Waals surface area (Å²) < 4.78 is 0. The molecule has 1 aromatic heterocycles. The summed E-state index contributed by atoms with van der Waals surface area (Å²) in [5.74, 6) is 0.817. The van der Waals surface area contributed by atoms with Gasteiger partial charge in [-0.1, -0.05) is 61.4 Å². The van der Waals surface area contributed by atoms with Gasteiger partial charge in [0.15, 0.2) is 5.82 Å². The van der Waals surface area contributed by atoms with E-state index in [1.807, 2.05) is 72.8 Å². The van der Waals surface area contributed by atoms with Crippen LogP contribution in [0.4, 0.5) is 11.5 Å². The third-order valence-corrected chi connectivity index (χ3v) is 6.03. The fraction of sp³-hybridized carbons (Fsp3) is 0.222. The summed E-state index contributed by atoms with van der Waals surface area (Å²) >= 11 is 0. The van der Waals surface area contributed by atoms with E-state index in [2.05, 4.69) is 26.5 Å². The van der Waals surface area contributed by atoms with E-state index in [9.17, 15) is 4.79 Å². The van der Waals surface area contributed by atoms with Gasteiger partial charge in [-0.3, -0.25) is 4.79 Å². The highest BCUT2D eigenvalue weighted by Gasteiger charge is 2.13. The molecule has 0 spiro atoms. The molecule has 3 aromatic carbocycles. The fourth-order valence-corrected chi connectivity index (χ4v) is 4.33. The van der Waals surface area contributed by atoms with Gasteiger partial charge in [0.1, 0.15) is 0 Å². The van der Waals surface area contributed by atoms with Gasteiger partial charge < -0.3 is 10.2 Å². The molecule has 0 atom stereocenters. The van der Waals surface area contributed by atoms with Gasteiger partial charge in [-0.2, -0.15) is 0 Å². The molecule has 0 bridgehead atoms. The van der Waals surface area contributed by atoms with Crippen LogP contribution < -0.4 is 10.2 Å². The van der Waals surface area contributed by atoms with E-state index in [4.69, 9.17) is 0 Å². The number of nitrogens with one attached hydrogen (secondary N) is 1. The SMILES string of the molecule is O=C(Nc1cccc(-c2ccc(N3CCCCCC3)nn2)c1)c1cccc2ccccc12. The van der Waals surface area contributed by atoms with E-state index in [-0.39, 0.29) is 5.91 Å². The number of rotatable bonds is 4. The molecule has 0 radical (unpaired) electrons. The summed E-state index contributed by atoms with van der Waals surface area (Å²) in [7, 11) is 0. The number of amides is 1. The average molecular weight is 423 g/mol. The molecular weight excluding hydrogens is 396 g/mol. The first kappa shape index (κ1) is 20.2. The summed E-state index contributed by atoms with van der Waals surface area (Å²) in [5, 5.41) is 14.0. The van der Waals surface area contributed by atoms with Crippen LogP contribution in [0, 0.1) is 0 Å². The second kappa shape index (κ2) is 9.18. The Morgan fingerprint density at radius 2 is 1.56 bits per heavy atom. The largest absolute Gasteiger partial charge is 0.355 e. The minimum absolute atomic E-state index is 0.124. The molecule has 0 saturated carbocycles. The standard InChI is InChI=1S/C27H26N4O/c32-27(24-14-8-10-20-9-3-4-13-23(20)24)28-22-12-7-11-21(19-22)25-15-16-26(30-29-25)31-17-5-1-2-6-18-31/h3-4,7-16,19H,1-2,5-6,17-18H2,(H,28,32). The molecule has 1 fully saturated rings. The molecule has 1 amide bonds. The van der Waals surface area contributed by atoms with Crippen molar-refractivity contribution in [1.29, 1.82) is 0 Å². The van der Waals surface area contributed by atoms with Gasteiger partial charge in [-0.15, -0.1) is 10.2 Å². The highest BCUT2D eigenvalue weighted by atomic mass is 16.1. The van der Waals surface area contributed by atoms with Crippen LogP contribution in [0.3, 0.4) is 0 Å². The van der Waals surface area contributed by atoms with Gasteiger partial charge in [-0.05, 0) is 53.9 Å². The number of benzene rings is 3. The minimum atomic E-state index is -0.124. The second-order valence-corrected chi connectivity index (χ2v) is 8.24. The fourth-order valence-electron chi connectivity index (χ4n) is 4.33. The van der Waals surface area contributed by atoms with Gasteiger partial charge in [0.2, 0.25) is 0 Å². The number of nitrogens with zero attached hydrogens (tertiary/aromatic N) is 3. The molecule has 2 heterocycles. The second-order valence-electron chi connectivity index (χ2n) is 8.24. The normalized spacial score (nSPS) is 14.2. The van der Waals surface area contributed by atoms with Crippen LogP contribution in [-0.2, 0) is 0 Å². The molecule has 1 aliphatic rings. The van der Waals surface area contributed by atoms with Gasteiger partial charge in [-0.25, -0.2) is 0 Å². The lowest BCUT2D eigenvalue weighted by molar-refractivity contribution is 0.102. The summed E-state index contributed by atoms with van der Waals surface area (Å²) in [6, 6.07) is 25.5. The Hall–Kier alpha value is -3.73. The molecule has 5 rings (SSSR count). The van der Waals surface area contributed by atoms with Crippen LogP contribution in [0.25, 0.3) is 22.0 Å². The van der Waals surface area contributed by atoms with Crippen molar-refractivity contribution in [2.45, 2.75) is 25.7 Å². The van der Waals surface area contributed by atoms with E-state index < -0.39 is 0 Å². The first-order valence-corrected chi connectivity index (χ1v) is 11.3. The molecule has 1 N–H and O–H groups in total. The maximum Gasteiger partial charge on any atom is 0.256 e. The van der Waals surface area contributed by atoms with Crippen LogP contribution >= 0.6 is 0 Å². The lowest BCUT2D eigenvalue weighted by Gasteiger charge is -2.20. The molecule has 0 unspecified atom stereocenters. The number of hydrogen-bond donors (Lipinski definition) is 1. The Morgan fingerprint density at radius 1 is 0.781 bits per heavy atom. The topological polar surface area (TPSA) is 58.1 Å². The lowest BCUT2D eigenvalue weighted by atomic mass is 10.0. The monoisotopic (exact) mass is 422 g/mol. The molecule has 1 saturated heterocycles. The molecular formula is C27H26N4O. The van der Waals surface area contributed by atoms with E-state index in [1.54, 1.807) is 0 Å². The predicted molar refractivity (Wildman–Crippen MR) is 130 cm³/mol. The van der Waals surface area contributed by atoms with Gasteiger partial charge in [0, 0.05) is 29.9 Å². The maximum absolute atomic E-state index is 13.0. The third kappa shape index (κ3) is 4.33. The predicted octanol–water partition coefficient (Wildman–Crippen LogP) is 5.93. The van der Waals surface area contributed by atoms with E-state index in [1.165, 1.54) is 25.7 Å². The summed E-state index contributed by atoms with van der Waals surface area (Å²) in [5.41, 5.74) is 3.12. The molecule has 1 aliphatic heterocycles. The van der Waals surface area contributed by atoms with Crippen molar-refractivity contribution < 1.29 is 4.79 Å². The van der Waals surface area contributed by atoms with Gasteiger partial charge in [0.25, 0.3) is 5.91 Å². The Bertz CT molecular complexity index is 1220. The zero-order valence-corrected chi connectivity index (χ0v) is 18.0. The first-order chi connectivity index (χ1) is 15.8. The van der Waals surface area contributed by atoms with Crippen LogP contribution in [-0.4, -0.2) is 29.2 Å². The Kier molecular flexibility index (Phi) is 5.79. The van der Waals surface area contributed by atoms with Gasteiger partial charge >= 0.3 is 0 Å². The van der Waals surface area contributed by atoms with Crippen molar-refractivity contribution in [1.82, 2.24) is 10.2 Å². The molecule has 5 nitrogen and oxygen atoms in total. The van der Waals surface area contributed by atoms with Gasteiger partial charge in [0.05, 0.1) is 5.69 Å². The number of carbonyl (C=O) groups excluding carboxylic acids is 1. The zero-order chi connectivity index (χ0) is 21.8. The number of carbonyl (C=O) groups is 1. The van der Waals surface area contributed by atoms with E-state index in [0.717, 1.165) is 46.6 Å². The molecule has 4 aromatic rings. The Balaban J connectivity index is 1.35. The number of hydrogen-bond acceptors (Lipinski definition) is 4. The average Bonchev–Trinajstić information content (AvgIpc) is 3.14. The zero-order valence-electron chi connectivity index (χ0n) is 18.0. The summed E-state index contributed by atoms with van der Waals surface area (Å²) in [6.07, 6.45) is 5.00. The summed E-state index contributed by atoms with van der Waals surface area (Å²) in [4.78, 5) is 15.3. The van der Waals surface area contributed by atoms with Crippen molar-refractivity contribution in [3.8, 4) is 11.3 Å². The van der Waals surface area contributed by atoms with Crippen LogP contribution in [0.5, 0.6) is 0 Å². The van der Waals surface area contributed by atoms with Crippen LogP contribution in [0.1, 0.15) is 36.0 Å². The molecule has 5 heteroatoms. The van der Waals surface area contributed by atoms with Crippen molar-refractivity contribution in [2.24, 2.45) is 0 Å². The molecule has 160 valence electrons. The van der Waals surface area contributed by atoms with E-state index in [0.29, 0.717) is 5.56 Å². The third-order valence-electron chi connectivity index (χ3n) is 6.03. The Morgan fingerprint density at radius 3 is 2.38 bits per heavy atom. The van der Waals surface area contributed by atoms with Crippen molar-refractivity contribution in [3.63, 3.8) is 0 Å². The number of aromatic nitrogens is 2. The number of fused-ring (bicyclic) bond motifs is 1. The quantitative estimate of drug-likeness (QED) is 0.443. The maximum atomic E-state index is 13.0. The number of anilines is 2. The highest BCUT2D eigenvalue weighted by molar-refractivity contribution is 6.13. The van der Waals surface area contributed by atoms with Crippen LogP contribution in [0.2, 0.25) is 0 Å². The molecule has 0 aliphatic carbocycles. The Labute approximate surface area is 188 Å². The molecule has 32 heavy (non-hydrogen) atoms. The van der Waals surface area contributed by atoms with Crippen LogP contribution in [0.15, 0.2) is 78.9 Å². The van der Waals surface area contributed by atoms with Crippen molar-refractivity contribution >= 4 is 28.2 Å². The van der Waals surface area contributed by atoms with Crippen molar-refractivity contribution in [2.75, 3.05) is 23.3 Å². The smallest absolute Gasteiger partial charge is 0.256 e. The lowest BCUT2D eigenvalue weighted by Crippen LogP contribution is -2.25. The first-order valence-electron chi connectivity index (χ1n) is 11.3. The van der Waals surface area contributed by atoms with E-state index >= 15 is 0 Å². The van der Waals surface area contributed by atoms with Crippen molar-refractivity contribution in [3.05, 3.63) is 84.4 Å². The highest BCUT2D eigenvalue weighted by Crippen LogP contribution is 2.24. The summed E-state index contributed by atoms with van der Waals surface area (Å²) in [6.45, 7) is 2.09.